The summed E-state index contributed by atoms with van der Waals surface area (Å²) in [5.74, 6) is 0.0248. The standard InChI is InChI=1S/C18H19NO/c1-14-5-4-6-15(13-14)7-12-18(20)16-8-10-17(11-9-16)19(2)3/h4-13H,1-3H3/b12-7+. The first-order valence-electron chi connectivity index (χ1n) is 6.63. The van der Waals surface area contributed by atoms with Crippen LogP contribution in [0.1, 0.15) is 21.5 Å². The van der Waals surface area contributed by atoms with E-state index in [1.54, 1.807) is 6.08 Å². The maximum absolute atomic E-state index is 12.1. The fourth-order valence-corrected chi connectivity index (χ4v) is 1.97. The number of ketones is 1. The highest BCUT2D eigenvalue weighted by Gasteiger charge is 2.02. The Morgan fingerprint density at radius 3 is 2.35 bits per heavy atom. The van der Waals surface area contributed by atoms with Gasteiger partial charge in [-0.3, -0.25) is 4.79 Å². The third kappa shape index (κ3) is 3.58. The molecule has 0 unspecified atom stereocenters. The van der Waals surface area contributed by atoms with Gasteiger partial charge in [-0.1, -0.05) is 35.9 Å². The van der Waals surface area contributed by atoms with Crippen LogP contribution in [0.3, 0.4) is 0 Å². The minimum absolute atomic E-state index is 0.0248. The molecule has 2 aromatic rings. The van der Waals surface area contributed by atoms with Crippen molar-refractivity contribution in [1.29, 1.82) is 0 Å². The Kier molecular flexibility index (Phi) is 4.36. The number of carbonyl (C=O) groups is 1. The summed E-state index contributed by atoms with van der Waals surface area (Å²) in [6.07, 6.45) is 3.48. The molecule has 0 amide bonds. The maximum atomic E-state index is 12.1. The highest BCUT2D eigenvalue weighted by molar-refractivity contribution is 6.06. The van der Waals surface area contributed by atoms with Gasteiger partial charge < -0.3 is 4.90 Å². The van der Waals surface area contributed by atoms with Crippen molar-refractivity contribution in [1.82, 2.24) is 0 Å². The second-order valence-corrected chi connectivity index (χ2v) is 5.05. The normalized spacial score (nSPS) is 10.8. The molecular weight excluding hydrogens is 246 g/mol. The third-order valence-corrected chi connectivity index (χ3v) is 3.14. The molecule has 20 heavy (non-hydrogen) atoms. The zero-order chi connectivity index (χ0) is 14.5. The van der Waals surface area contributed by atoms with Crippen molar-refractivity contribution in [3.63, 3.8) is 0 Å². The lowest BCUT2D eigenvalue weighted by Gasteiger charge is -2.11. The van der Waals surface area contributed by atoms with Crippen molar-refractivity contribution in [3.05, 3.63) is 71.3 Å². The number of rotatable bonds is 4. The van der Waals surface area contributed by atoms with E-state index in [9.17, 15) is 4.79 Å². The lowest BCUT2D eigenvalue weighted by Crippen LogP contribution is -2.08. The smallest absolute Gasteiger partial charge is 0.185 e. The second kappa shape index (κ2) is 6.20. The van der Waals surface area contributed by atoms with Crippen LogP contribution < -0.4 is 4.90 Å². The summed E-state index contributed by atoms with van der Waals surface area (Å²) in [5.41, 5.74) is 4.03. The number of carbonyl (C=O) groups excluding carboxylic acids is 1. The topological polar surface area (TPSA) is 20.3 Å². The molecule has 2 rings (SSSR count). The first-order chi connectivity index (χ1) is 9.56. The van der Waals surface area contributed by atoms with Gasteiger partial charge in [-0.05, 0) is 42.8 Å². The van der Waals surface area contributed by atoms with Crippen LogP contribution in [0.5, 0.6) is 0 Å². The van der Waals surface area contributed by atoms with Crippen LogP contribution in [0.25, 0.3) is 6.08 Å². The van der Waals surface area contributed by atoms with E-state index in [2.05, 4.69) is 6.07 Å². The molecule has 0 bridgehead atoms. The number of hydrogen-bond acceptors (Lipinski definition) is 2. The lowest BCUT2D eigenvalue weighted by molar-refractivity contribution is 0.104. The fraction of sp³-hybridized carbons (Fsp3) is 0.167. The zero-order valence-corrected chi connectivity index (χ0v) is 12.1. The van der Waals surface area contributed by atoms with E-state index in [1.807, 2.05) is 74.5 Å². The zero-order valence-electron chi connectivity index (χ0n) is 12.1. The Bertz CT molecular complexity index is 624. The highest BCUT2D eigenvalue weighted by atomic mass is 16.1. The highest BCUT2D eigenvalue weighted by Crippen LogP contribution is 2.13. The quantitative estimate of drug-likeness (QED) is 0.616. The molecule has 0 atom stereocenters. The van der Waals surface area contributed by atoms with E-state index in [1.165, 1.54) is 5.56 Å². The summed E-state index contributed by atoms with van der Waals surface area (Å²) < 4.78 is 0. The molecule has 0 fully saturated rings. The number of aryl methyl sites for hydroxylation is 1. The molecule has 0 aliphatic heterocycles. The summed E-state index contributed by atoms with van der Waals surface area (Å²) in [6, 6.07) is 15.7. The first-order valence-corrected chi connectivity index (χ1v) is 6.63. The number of benzene rings is 2. The largest absolute Gasteiger partial charge is 0.378 e. The summed E-state index contributed by atoms with van der Waals surface area (Å²) in [4.78, 5) is 14.1. The van der Waals surface area contributed by atoms with Gasteiger partial charge in [0, 0.05) is 25.3 Å². The Morgan fingerprint density at radius 2 is 1.75 bits per heavy atom. The lowest BCUT2D eigenvalue weighted by atomic mass is 10.1. The number of allylic oxidation sites excluding steroid dienone is 1. The molecule has 0 N–H and O–H groups in total. The molecule has 0 aliphatic carbocycles. The van der Waals surface area contributed by atoms with Crippen LogP contribution in [-0.4, -0.2) is 19.9 Å². The van der Waals surface area contributed by atoms with Crippen molar-refractivity contribution in [2.75, 3.05) is 19.0 Å². The van der Waals surface area contributed by atoms with Crippen LogP contribution in [0.15, 0.2) is 54.6 Å². The molecule has 0 saturated carbocycles. The van der Waals surface area contributed by atoms with Gasteiger partial charge in [-0.15, -0.1) is 0 Å². The first kappa shape index (κ1) is 14.1. The van der Waals surface area contributed by atoms with Crippen LogP contribution >= 0.6 is 0 Å². The van der Waals surface area contributed by atoms with Gasteiger partial charge in [0.15, 0.2) is 5.78 Å². The van der Waals surface area contributed by atoms with Crippen LogP contribution in [0.4, 0.5) is 5.69 Å². The van der Waals surface area contributed by atoms with E-state index in [0.29, 0.717) is 5.56 Å². The average molecular weight is 265 g/mol. The van der Waals surface area contributed by atoms with Crippen LogP contribution in [0.2, 0.25) is 0 Å². The van der Waals surface area contributed by atoms with Crippen LogP contribution in [-0.2, 0) is 0 Å². The molecule has 2 heteroatoms. The maximum Gasteiger partial charge on any atom is 0.185 e. The van der Waals surface area contributed by atoms with Gasteiger partial charge in [0.25, 0.3) is 0 Å². The summed E-state index contributed by atoms with van der Waals surface area (Å²) in [5, 5.41) is 0. The molecular formula is C18H19NO. The number of nitrogens with zero attached hydrogens (tertiary/aromatic N) is 1. The summed E-state index contributed by atoms with van der Waals surface area (Å²) >= 11 is 0. The second-order valence-electron chi connectivity index (χ2n) is 5.05. The Morgan fingerprint density at radius 1 is 1.05 bits per heavy atom. The summed E-state index contributed by atoms with van der Waals surface area (Å²) in [7, 11) is 3.96. The number of hydrogen-bond donors (Lipinski definition) is 0. The SMILES string of the molecule is Cc1cccc(/C=C/C(=O)c2ccc(N(C)C)cc2)c1. The molecule has 0 aliphatic rings. The van der Waals surface area contributed by atoms with Crippen molar-refractivity contribution in [2.24, 2.45) is 0 Å². The molecule has 2 aromatic carbocycles. The van der Waals surface area contributed by atoms with Gasteiger partial charge >= 0.3 is 0 Å². The number of anilines is 1. The minimum atomic E-state index is 0.0248. The summed E-state index contributed by atoms with van der Waals surface area (Å²) in [6.45, 7) is 2.04. The van der Waals surface area contributed by atoms with Crippen molar-refractivity contribution in [3.8, 4) is 0 Å². The monoisotopic (exact) mass is 265 g/mol. The van der Waals surface area contributed by atoms with Gasteiger partial charge in [-0.2, -0.15) is 0 Å². The molecule has 2 nitrogen and oxygen atoms in total. The van der Waals surface area contributed by atoms with E-state index >= 15 is 0 Å². The van der Waals surface area contributed by atoms with E-state index in [0.717, 1.165) is 11.3 Å². The van der Waals surface area contributed by atoms with E-state index < -0.39 is 0 Å². The van der Waals surface area contributed by atoms with E-state index in [4.69, 9.17) is 0 Å². The Hall–Kier alpha value is -2.35. The van der Waals surface area contributed by atoms with Crippen molar-refractivity contribution in [2.45, 2.75) is 6.92 Å². The fourth-order valence-electron chi connectivity index (χ4n) is 1.97. The minimum Gasteiger partial charge on any atom is -0.378 e. The predicted molar refractivity (Wildman–Crippen MR) is 85.3 cm³/mol. The van der Waals surface area contributed by atoms with Gasteiger partial charge in [-0.25, -0.2) is 0 Å². The third-order valence-electron chi connectivity index (χ3n) is 3.14. The predicted octanol–water partition coefficient (Wildman–Crippen LogP) is 3.96. The van der Waals surface area contributed by atoms with Crippen molar-refractivity contribution >= 4 is 17.5 Å². The molecule has 0 heterocycles. The average Bonchev–Trinajstić information content (AvgIpc) is 2.45. The molecule has 0 aromatic heterocycles. The van der Waals surface area contributed by atoms with Crippen molar-refractivity contribution < 1.29 is 4.79 Å². The Balaban J connectivity index is 2.11. The van der Waals surface area contributed by atoms with E-state index in [-0.39, 0.29) is 5.78 Å². The van der Waals surface area contributed by atoms with Gasteiger partial charge in [0.1, 0.15) is 0 Å². The van der Waals surface area contributed by atoms with Crippen LogP contribution in [0, 0.1) is 6.92 Å². The molecule has 0 spiro atoms. The molecule has 0 saturated heterocycles. The van der Waals surface area contributed by atoms with Gasteiger partial charge in [0.2, 0.25) is 0 Å². The molecule has 102 valence electrons. The molecule has 0 radical (unpaired) electrons. The Labute approximate surface area is 120 Å². The van der Waals surface area contributed by atoms with Gasteiger partial charge in [0.05, 0.1) is 0 Å².